The third-order valence-corrected chi connectivity index (χ3v) is 5.22. The number of rotatable bonds is 8. The van der Waals surface area contributed by atoms with E-state index in [4.69, 9.17) is 16.3 Å². The molecule has 0 aliphatic carbocycles. The van der Waals surface area contributed by atoms with Gasteiger partial charge < -0.3 is 19.9 Å². The molecule has 0 radical (unpaired) electrons. The van der Waals surface area contributed by atoms with Crippen LogP contribution in [-0.2, 0) is 6.54 Å². The lowest BCUT2D eigenvalue weighted by atomic mass is 10.2. The SMILES string of the molecule is CCOc1ccc(NC(=O)c2cn(Cc3ccc(NC(=O)c4ccc(Cl)cc4)cc3)cn2)cc1. The van der Waals surface area contributed by atoms with Gasteiger partial charge in [-0.05, 0) is 73.2 Å². The Kier molecular flexibility index (Phi) is 7.25. The van der Waals surface area contributed by atoms with Crippen LogP contribution >= 0.6 is 11.6 Å². The summed E-state index contributed by atoms with van der Waals surface area (Å²) in [5, 5.41) is 6.27. The normalized spacial score (nSPS) is 10.5. The van der Waals surface area contributed by atoms with Crippen molar-refractivity contribution < 1.29 is 14.3 Å². The first kappa shape index (κ1) is 23.1. The number of aromatic nitrogens is 2. The summed E-state index contributed by atoms with van der Waals surface area (Å²) >= 11 is 5.87. The van der Waals surface area contributed by atoms with Crippen molar-refractivity contribution in [2.24, 2.45) is 0 Å². The van der Waals surface area contributed by atoms with E-state index in [0.717, 1.165) is 11.3 Å². The molecule has 1 heterocycles. The molecule has 8 heteroatoms. The van der Waals surface area contributed by atoms with Crippen LogP contribution in [-0.4, -0.2) is 28.0 Å². The van der Waals surface area contributed by atoms with E-state index >= 15 is 0 Å². The molecule has 4 rings (SSSR count). The first-order valence-corrected chi connectivity index (χ1v) is 11.1. The van der Waals surface area contributed by atoms with E-state index in [-0.39, 0.29) is 11.8 Å². The van der Waals surface area contributed by atoms with E-state index in [1.165, 1.54) is 0 Å². The average molecular weight is 475 g/mol. The summed E-state index contributed by atoms with van der Waals surface area (Å²) < 4.78 is 7.24. The van der Waals surface area contributed by atoms with Gasteiger partial charge >= 0.3 is 0 Å². The molecule has 172 valence electrons. The van der Waals surface area contributed by atoms with Gasteiger partial charge in [0.15, 0.2) is 0 Å². The Labute approximate surface area is 202 Å². The van der Waals surface area contributed by atoms with Gasteiger partial charge in [-0.1, -0.05) is 23.7 Å². The van der Waals surface area contributed by atoms with E-state index in [9.17, 15) is 9.59 Å². The van der Waals surface area contributed by atoms with Crippen molar-refractivity contribution in [1.82, 2.24) is 9.55 Å². The van der Waals surface area contributed by atoms with Crippen LogP contribution in [0.25, 0.3) is 0 Å². The first-order chi connectivity index (χ1) is 16.5. The second kappa shape index (κ2) is 10.7. The number of ether oxygens (including phenoxy) is 1. The Morgan fingerprint density at radius 2 is 1.50 bits per heavy atom. The zero-order valence-corrected chi connectivity index (χ0v) is 19.3. The number of carbonyl (C=O) groups is 2. The van der Waals surface area contributed by atoms with Crippen molar-refractivity contribution in [2.75, 3.05) is 17.2 Å². The number of halogens is 1. The number of anilines is 2. The van der Waals surface area contributed by atoms with E-state index in [2.05, 4.69) is 15.6 Å². The molecule has 0 saturated carbocycles. The molecule has 3 aromatic carbocycles. The quantitative estimate of drug-likeness (QED) is 0.353. The van der Waals surface area contributed by atoms with Crippen LogP contribution < -0.4 is 15.4 Å². The predicted octanol–water partition coefficient (Wildman–Crippen LogP) is 5.49. The van der Waals surface area contributed by atoms with Crippen molar-refractivity contribution in [3.05, 3.63) is 107 Å². The minimum Gasteiger partial charge on any atom is -0.494 e. The molecular weight excluding hydrogens is 452 g/mol. The fourth-order valence-electron chi connectivity index (χ4n) is 3.27. The van der Waals surface area contributed by atoms with Crippen LogP contribution in [0, 0.1) is 0 Å². The third-order valence-electron chi connectivity index (χ3n) is 4.97. The number of carbonyl (C=O) groups excluding carboxylic acids is 2. The Morgan fingerprint density at radius 1 is 0.882 bits per heavy atom. The molecule has 2 N–H and O–H groups in total. The van der Waals surface area contributed by atoms with Gasteiger partial charge in [-0.3, -0.25) is 9.59 Å². The molecule has 0 aliphatic rings. The minimum atomic E-state index is -0.289. The van der Waals surface area contributed by atoms with Gasteiger partial charge in [-0.15, -0.1) is 0 Å². The Balaban J connectivity index is 1.33. The summed E-state index contributed by atoms with van der Waals surface area (Å²) in [5.74, 6) is 0.255. The van der Waals surface area contributed by atoms with Crippen molar-refractivity contribution in [3.8, 4) is 5.75 Å². The summed E-state index contributed by atoms with van der Waals surface area (Å²) in [6.07, 6.45) is 3.31. The van der Waals surface area contributed by atoms with Crippen LogP contribution in [0.2, 0.25) is 5.02 Å². The van der Waals surface area contributed by atoms with Crippen LogP contribution in [0.1, 0.15) is 33.3 Å². The van der Waals surface area contributed by atoms with Crippen molar-refractivity contribution in [1.29, 1.82) is 0 Å². The molecule has 0 spiro atoms. The summed E-state index contributed by atoms with van der Waals surface area (Å²) in [6.45, 7) is 3.04. The lowest BCUT2D eigenvalue weighted by Crippen LogP contribution is -2.12. The molecule has 0 fully saturated rings. The highest BCUT2D eigenvalue weighted by Gasteiger charge is 2.11. The van der Waals surface area contributed by atoms with Gasteiger partial charge in [0.05, 0.1) is 12.9 Å². The molecule has 1 aromatic heterocycles. The molecule has 0 unspecified atom stereocenters. The summed E-state index contributed by atoms with van der Waals surface area (Å²) in [5.41, 5.74) is 3.20. The van der Waals surface area contributed by atoms with Crippen LogP contribution in [0.3, 0.4) is 0 Å². The Hall–Kier alpha value is -4.10. The van der Waals surface area contributed by atoms with Gasteiger partial charge in [0.1, 0.15) is 11.4 Å². The van der Waals surface area contributed by atoms with Crippen molar-refractivity contribution >= 4 is 34.8 Å². The lowest BCUT2D eigenvalue weighted by Gasteiger charge is -2.07. The van der Waals surface area contributed by atoms with Gasteiger partial charge in [-0.25, -0.2) is 4.98 Å². The highest BCUT2D eigenvalue weighted by Crippen LogP contribution is 2.17. The van der Waals surface area contributed by atoms with Crippen LogP contribution in [0.5, 0.6) is 5.75 Å². The maximum atomic E-state index is 12.5. The standard InChI is InChI=1S/C26H23ClN4O3/c1-2-34-23-13-11-22(12-14-23)30-26(33)24-16-31(17-28-24)15-18-3-9-21(10-4-18)29-25(32)19-5-7-20(27)8-6-19/h3-14,16-17H,2,15H2,1H3,(H,29,32)(H,30,33). The molecule has 2 amide bonds. The van der Waals surface area contributed by atoms with E-state index < -0.39 is 0 Å². The smallest absolute Gasteiger partial charge is 0.275 e. The molecule has 0 saturated heterocycles. The van der Waals surface area contributed by atoms with Crippen LogP contribution in [0.15, 0.2) is 85.3 Å². The number of nitrogens with zero attached hydrogens (tertiary/aromatic N) is 2. The molecule has 34 heavy (non-hydrogen) atoms. The first-order valence-electron chi connectivity index (χ1n) is 10.7. The summed E-state index contributed by atoms with van der Waals surface area (Å²) in [7, 11) is 0. The number of hydrogen-bond acceptors (Lipinski definition) is 4. The number of nitrogens with one attached hydrogen (secondary N) is 2. The number of hydrogen-bond donors (Lipinski definition) is 2. The molecule has 0 atom stereocenters. The summed E-state index contributed by atoms with van der Waals surface area (Å²) in [4.78, 5) is 29.1. The fraction of sp³-hybridized carbons (Fsp3) is 0.115. The molecule has 4 aromatic rings. The zero-order valence-electron chi connectivity index (χ0n) is 18.5. The number of benzene rings is 3. The number of imidazole rings is 1. The van der Waals surface area contributed by atoms with E-state index in [0.29, 0.717) is 40.8 Å². The van der Waals surface area contributed by atoms with E-state index in [1.54, 1.807) is 61.1 Å². The predicted molar refractivity (Wildman–Crippen MR) is 133 cm³/mol. The van der Waals surface area contributed by atoms with E-state index in [1.807, 2.05) is 35.8 Å². The fourth-order valence-corrected chi connectivity index (χ4v) is 3.39. The highest BCUT2D eigenvalue weighted by molar-refractivity contribution is 6.30. The third kappa shape index (κ3) is 6.02. The minimum absolute atomic E-state index is 0.206. The Bertz CT molecular complexity index is 1270. The molecule has 7 nitrogen and oxygen atoms in total. The van der Waals surface area contributed by atoms with Crippen LogP contribution in [0.4, 0.5) is 11.4 Å². The molecule has 0 bridgehead atoms. The molecular formula is C26H23ClN4O3. The zero-order chi connectivity index (χ0) is 23.9. The topological polar surface area (TPSA) is 85.2 Å². The number of amides is 2. The largest absolute Gasteiger partial charge is 0.494 e. The van der Waals surface area contributed by atoms with Gasteiger partial charge in [0.25, 0.3) is 11.8 Å². The Morgan fingerprint density at radius 3 is 2.15 bits per heavy atom. The lowest BCUT2D eigenvalue weighted by molar-refractivity contribution is 0.101. The molecule has 0 aliphatic heterocycles. The monoisotopic (exact) mass is 474 g/mol. The second-order valence-electron chi connectivity index (χ2n) is 7.50. The summed E-state index contributed by atoms with van der Waals surface area (Å²) in [6, 6.07) is 21.4. The van der Waals surface area contributed by atoms with Gasteiger partial charge in [-0.2, -0.15) is 0 Å². The van der Waals surface area contributed by atoms with Gasteiger partial charge in [0, 0.05) is 34.7 Å². The van der Waals surface area contributed by atoms with Crippen molar-refractivity contribution in [2.45, 2.75) is 13.5 Å². The van der Waals surface area contributed by atoms with Crippen molar-refractivity contribution in [3.63, 3.8) is 0 Å². The highest BCUT2D eigenvalue weighted by atomic mass is 35.5. The van der Waals surface area contributed by atoms with Gasteiger partial charge in [0.2, 0.25) is 0 Å². The second-order valence-corrected chi connectivity index (χ2v) is 7.94. The maximum absolute atomic E-state index is 12.5. The maximum Gasteiger partial charge on any atom is 0.275 e. The average Bonchev–Trinajstić information content (AvgIpc) is 3.31.